The van der Waals surface area contributed by atoms with E-state index in [0.717, 1.165) is 12.1 Å². The number of benzene rings is 3. The Labute approximate surface area is 219 Å². The van der Waals surface area contributed by atoms with E-state index in [9.17, 15) is 32.5 Å². The number of nitro groups is 1. The van der Waals surface area contributed by atoms with E-state index in [-0.39, 0.29) is 54.5 Å². The number of amides is 1. The van der Waals surface area contributed by atoms with Crippen LogP contribution in [0.1, 0.15) is 16.1 Å². The normalized spacial score (nSPS) is 13.9. The van der Waals surface area contributed by atoms with Crippen LogP contribution in [0.3, 0.4) is 0 Å². The highest BCUT2D eigenvalue weighted by Gasteiger charge is 2.32. The van der Waals surface area contributed by atoms with Crippen molar-refractivity contribution in [2.24, 2.45) is 0 Å². The number of carbonyl (C=O) groups is 1. The molecule has 1 aliphatic rings. The Hall–Kier alpha value is -4.74. The highest BCUT2D eigenvalue weighted by Crippen LogP contribution is 2.32. The van der Waals surface area contributed by atoms with Crippen molar-refractivity contribution in [2.75, 3.05) is 31.1 Å². The molecular weight excluding hydrogens is 518 g/mol. The molecule has 0 saturated carbocycles. The van der Waals surface area contributed by atoms with Crippen molar-refractivity contribution >= 4 is 17.3 Å². The van der Waals surface area contributed by atoms with Gasteiger partial charge in [-0.2, -0.15) is 18.3 Å². The van der Waals surface area contributed by atoms with Gasteiger partial charge in [-0.05, 0) is 42.5 Å². The molecule has 1 fully saturated rings. The molecule has 0 bridgehead atoms. The van der Waals surface area contributed by atoms with Gasteiger partial charge in [-0.15, -0.1) is 0 Å². The summed E-state index contributed by atoms with van der Waals surface area (Å²) in [4.78, 5) is 27.7. The quantitative estimate of drug-likeness (QED) is 0.188. The van der Waals surface area contributed by atoms with E-state index in [1.807, 2.05) is 0 Å². The van der Waals surface area contributed by atoms with Gasteiger partial charge < -0.3 is 9.80 Å². The molecule has 0 N–H and O–H groups in total. The third-order valence-electron chi connectivity index (χ3n) is 6.47. The molecule has 1 aliphatic heterocycles. The SMILES string of the molecule is O=C(c1cc(-c2ccccc2F)nn1-c1cccc([N+](=O)[O-])c1)N1CCN(c2cccc(C(F)(F)F)c2)CC1. The van der Waals surface area contributed by atoms with Crippen molar-refractivity contribution in [2.45, 2.75) is 6.18 Å². The van der Waals surface area contributed by atoms with Gasteiger partial charge in [0.05, 0.1) is 21.9 Å². The maximum atomic E-state index is 14.5. The lowest BCUT2D eigenvalue weighted by Crippen LogP contribution is -2.49. The monoisotopic (exact) mass is 539 g/mol. The molecule has 0 aliphatic carbocycles. The molecule has 39 heavy (non-hydrogen) atoms. The highest BCUT2D eigenvalue weighted by atomic mass is 19.4. The van der Waals surface area contributed by atoms with Crippen LogP contribution < -0.4 is 4.90 Å². The second-order valence-electron chi connectivity index (χ2n) is 8.91. The number of rotatable bonds is 5. The molecule has 3 aromatic carbocycles. The van der Waals surface area contributed by atoms with Crippen LogP contribution in [-0.4, -0.2) is 51.7 Å². The van der Waals surface area contributed by atoms with Gasteiger partial charge in [0.2, 0.25) is 0 Å². The van der Waals surface area contributed by atoms with Crippen LogP contribution in [0, 0.1) is 15.9 Å². The van der Waals surface area contributed by atoms with Crippen LogP contribution in [0.25, 0.3) is 16.9 Å². The molecule has 0 radical (unpaired) electrons. The van der Waals surface area contributed by atoms with Gasteiger partial charge in [0.15, 0.2) is 0 Å². The summed E-state index contributed by atoms with van der Waals surface area (Å²) in [5.41, 5.74) is 0.0960. The van der Waals surface area contributed by atoms with Crippen LogP contribution in [0.4, 0.5) is 28.9 Å². The number of piperazine rings is 1. The third kappa shape index (κ3) is 5.31. The Kier molecular flexibility index (Phi) is 6.77. The van der Waals surface area contributed by atoms with E-state index in [2.05, 4.69) is 5.10 Å². The zero-order valence-corrected chi connectivity index (χ0v) is 20.3. The average Bonchev–Trinajstić information content (AvgIpc) is 3.38. The van der Waals surface area contributed by atoms with Gasteiger partial charge >= 0.3 is 6.18 Å². The second kappa shape index (κ2) is 10.2. The van der Waals surface area contributed by atoms with Crippen LogP contribution >= 0.6 is 0 Å². The first-order chi connectivity index (χ1) is 18.6. The summed E-state index contributed by atoms with van der Waals surface area (Å²) in [6.45, 7) is 1.00. The molecule has 2 heterocycles. The van der Waals surface area contributed by atoms with Crippen molar-refractivity contribution in [1.29, 1.82) is 0 Å². The minimum absolute atomic E-state index is 0.0706. The lowest BCUT2D eigenvalue weighted by molar-refractivity contribution is -0.384. The average molecular weight is 539 g/mol. The van der Waals surface area contributed by atoms with Gasteiger partial charge in [0.25, 0.3) is 11.6 Å². The Morgan fingerprint density at radius 3 is 2.26 bits per heavy atom. The number of nitro benzene ring substituents is 1. The van der Waals surface area contributed by atoms with Crippen molar-refractivity contribution in [3.63, 3.8) is 0 Å². The van der Waals surface area contributed by atoms with Gasteiger partial charge in [0.1, 0.15) is 11.5 Å². The van der Waals surface area contributed by atoms with Crippen molar-refractivity contribution in [3.05, 3.63) is 106 Å². The summed E-state index contributed by atoms with van der Waals surface area (Å²) in [6.07, 6.45) is -4.46. The smallest absolute Gasteiger partial charge is 0.368 e. The van der Waals surface area contributed by atoms with Crippen LogP contribution in [0.5, 0.6) is 0 Å². The number of alkyl halides is 3. The Morgan fingerprint density at radius 1 is 0.872 bits per heavy atom. The standard InChI is InChI=1S/C27H21F4N5O3/c28-23-10-2-1-9-22(23)24-17-25(35(32-24)20-7-4-8-21(16-20)36(38)39)26(37)34-13-11-33(12-14-34)19-6-3-5-18(15-19)27(29,30)31/h1-10,15-17H,11-14H2. The number of anilines is 1. The van der Waals surface area contributed by atoms with E-state index in [0.29, 0.717) is 5.69 Å². The third-order valence-corrected chi connectivity index (χ3v) is 6.47. The molecular formula is C27H21F4N5O3. The molecule has 1 amide bonds. The molecule has 12 heteroatoms. The molecule has 4 aromatic rings. The fraction of sp³-hybridized carbons (Fsp3) is 0.185. The topological polar surface area (TPSA) is 84.5 Å². The fourth-order valence-electron chi connectivity index (χ4n) is 4.48. The fourth-order valence-corrected chi connectivity index (χ4v) is 4.48. The zero-order valence-electron chi connectivity index (χ0n) is 20.3. The van der Waals surface area contributed by atoms with E-state index in [4.69, 9.17) is 0 Å². The molecule has 5 rings (SSSR count). The van der Waals surface area contributed by atoms with Gasteiger partial charge in [-0.25, -0.2) is 9.07 Å². The molecule has 1 aromatic heterocycles. The predicted molar refractivity (Wildman–Crippen MR) is 135 cm³/mol. The van der Waals surface area contributed by atoms with E-state index >= 15 is 0 Å². The molecule has 0 unspecified atom stereocenters. The molecule has 0 atom stereocenters. The van der Waals surface area contributed by atoms with E-state index in [1.54, 1.807) is 23.1 Å². The maximum Gasteiger partial charge on any atom is 0.416 e. The minimum atomic E-state index is -4.46. The minimum Gasteiger partial charge on any atom is -0.368 e. The van der Waals surface area contributed by atoms with Crippen molar-refractivity contribution in [3.8, 4) is 16.9 Å². The first-order valence-corrected chi connectivity index (χ1v) is 11.9. The summed E-state index contributed by atoms with van der Waals surface area (Å²) in [6, 6.07) is 17.9. The molecule has 8 nitrogen and oxygen atoms in total. The molecule has 200 valence electrons. The van der Waals surface area contributed by atoms with Crippen molar-refractivity contribution < 1.29 is 27.3 Å². The van der Waals surface area contributed by atoms with E-state index < -0.39 is 28.4 Å². The van der Waals surface area contributed by atoms with Gasteiger partial charge in [-0.3, -0.25) is 14.9 Å². The summed E-state index contributed by atoms with van der Waals surface area (Å²) in [7, 11) is 0. The molecule has 0 spiro atoms. The number of hydrogen-bond donors (Lipinski definition) is 0. The lowest BCUT2D eigenvalue weighted by Gasteiger charge is -2.36. The number of halogens is 4. The Bertz CT molecular complexity index is 1540. The summed E-state index contributed by atoms with van der Waals surface area (Å²) in [5, 5.41) is 15.7. The number of non-ortho nitro benzene ring substituents is 1. The van der Waals surface area contributed by atoms with E-state index in [1.165, 1.54) is 58.1 Å². The van der Waals surface area contributed by atoms with Crippen LogP contribution in [0.15, 0.2) is 78.9 Å². The highest BCUT2D eigenvalue weighted by molar-refractivity contribution is 5.94. The predicted octanol–water partition coefficient (Wildman–Crippen LogP) is 5.57. The Balaban J connectivity index is 1.44. The summed E-state index contributed by atoms with van der Waals surface area (Å²) < 4.78 is 55.2. The number of aromatic nitrogens is 2. The van der Waals surface area contributed by atoms with Crippen LogP contribution in [-0.2, 0) is 6.18 Å². The molecule has 1 saturated heterocycles. The first kappa shape index (κ1) is 25.9. The number of hydrogen-bond acceptors (Lipinski definition) is 5. The summed E-state index contributed by atoms with van der Waals surface area (Å²) in [5.74, 6) is -0.991. The lowest BCUT2D eigenvalue weighted by atomic mass is 10.1. The first-order valence-electron chi connectivity index (χ1n) is 11.9. The zero-order chi connectivity index (χ0) is 27.7. The van der Waals surface area contributed by atoms with Crippen LogP contribution in [0.2, 0.25) is 0 Å². The van der Waals surface area contributed by atoms with Crippen molar-refractivity contribution in [1.82, 2.24) is 14.7 Å². The Morgan fingerprint density at radius 2 is 1.56 bits per heavy atom. The summed E-state index contributed by atoms with van der Waals surface area (Å²) >= 11 is 0. The number of carbonyl (C=O) groups excluding carboxylic acids is 1. The van der Waals surface area contributed by atoms with Gasteiger partial charge in [0, 0.05) is 49.6 Å². The largest absolute Gasteiger partial charge is 0.416 e. The number of nitrogens with zero attached hydrogens (tertiary/aromatic N) is 5. The second-order valence-corrected chi connectivity index (χ2v) is 8.91. The van der Waals surface area contributed by atoms with Gasteiger partial charge in [-0.1, -0.05) is 24.3 Å². The maximum absolute atomic E-state index is 14.5.